The summed E-state index contributed by atoms with van der Waals surface area (Å²) in [5.41, 5.74) is 10.2. The Balaban J connectivity index is 1.48. The molecule has 0 amide bonds. The first kappa shape index (κ1) is 20.3. The van der Waals surface area contributed by atoms with Crippen LogP contribution in [-0.2, 0) is 6.61 Å². The third-order valence-corrected chi connectivity index (χ3v) is 5.53. The van der Waals surface area contributed by atoms with Crippen LogP contribution in [0.25, 0.3) is 11.3 Å². The van der Waals surface area contributed by atoms with Crippen LogP contribution in [0.15, 0.2) is 90.3 Å². The smallest absolute Gasteiger partial charge is 0.244 e. The topological polar surface area (TPSA) is 97.0 Å². The molecule has 2 heterocycles. The second kappa shape index (κ2) is 8.52. The van der Waals surface area contributed by atoms with Crippen LogP contribution in [0.2, 0.25) is 0 Å². The normalized spacial score (nSPS) is 14.8. The zero-order valence-corrected chi connectivity index (χ0v) is 17.5. The lowest BCUT2D eigenvalue weighted by Gasteiger charge is -2.24. The number of aromatic amines is 1. The van der Waals surface area contributed by atoms with Gasteiger partial charge in [0.05, 0.1) is 17.2 Å². The van der Waals surface area contributed by atoms with Gasteiger partial charge in [-0.3, -0.25) is 5.10 Å². The van der Waals surface area contributed by atoms with Crippen molar-refractivity contribution in [3.63, 3.8) is 0 Å². The molecule has 0 spiro atoms. The zero-order valence-electron chi connectivity index (χ0n) is 17.5. The van der Waals surface area contributed by atoms with Crippen molar-refractivity contribution < 1.29 is 13.9 Å². The van der Waals surface area contributed by atoms with E-state index in [0.29, 0.717) is 29.3 Å². The van der Waals surface area contributed by atoms with E-state index < -0.39 is 5.92 Å². The second-order valence-electron chi connectivity index (χ2n) is 7.59. The monoisotopic (exact) mass is 438 g/mol. The highest BCUT2D eigenvalue weighted by Gasteiger charge is 2.35. The van der Waals surface area contributed by atoms with Crippen LogP contribution < -0.4 is 15.2 Å². The molecule has 5 rings (SSSR count). The van der Waals surface area contributed by atoms with E-state index in [1.165, 1.54) is 12.1 Å². The Morgan fingerprint density at radius 3 is 2.45 bits per heavy atom. The number of hydrogen-bond acceptors (Lipinski definition) is 5. The van der Waals surface area contributed by atoms with E-state index in [4.69, 9.17) is 15.2 Å². The summed E-state index contributed by atoms with van der Waals surface area (Å²) in [6.07, 6.45) is 0. The lowest BCUT2D eigenvalue weighted by Crippen LogP contribution is -2.21. The second-order valence-corrected chi connectivity index (χ2v) is 7.59. The number of benzene rings is 3. The van der Waals surface area contributed by atoms with Crippen molar-refractivity contribution in [2.24, 2.45) is 5.73 Å². The van der Waals surface area contributed by atoms with Crippen LogP contribution in [0.3, 0.4) is 0 Å². The Morgan fingerprint density at radius 1 is 1.03 bits per heavy atom. The van der Waals surface area contributed by atoms with Crippen molar-refractivity contribution >= 4 is 0 Å². The molecule has 1 atom stereocenters. The number of hydrogen-bond donors (Lipinski definition) is 2. The van der Waals surface area contributed by atoms with Gasteiger partial charge in [-0.05, 0) is 47.5 Å². The Morgan fingerprint density at radius 2 is 1.76 bits per heavy atom. The van der Waals surface area contributed by atoms with Gasteiger partial charge in [0.1, 0.15) is 29.8 Å². The number of rotatable bonds is 5. The van der Waals surface area contributed by atoms with Crippen LogP contribution in [0.4, 0.5) is 4.39 Å². The molecule has 0 aliphatic carbocycles. The molecule has 0 fully saturated rings. The summed E-state index contributed by atoms with van der Waals surface area (Å²) >= 11 is 0. The van der Waals surface area contributed by atoms with Gasteiger partial charge in [-0.1, -0.05) is 42.5 Å². The van der Waals surface area contributed by atoms with Crippen LogP contribution in [0.5, 0.6) is 11.6 Å². The van der Waals surface area contributed by atoms with E-state index >= 15 is 0 Å². The van der Waals surface area contributed by atoms with Crippen molar-refractivity contribution in [1.82, 2.24) is 10.2 Å². The first-order valence-electron chi connectivity index (χ1n) is 10.3. The van der Waals surface area contributed by atoms with Gasteiger partial charge in [-0.25, -0.2) is 4.39 Å². The van der Waals surface area contributed by atoms with Crippen molar-refractivity contribution in [2.75, 3.05) is 0 Å². The minimum absolute atomic E-state index is 0.0120. The Bertz CT molecular complexity index is 1350. The van der Waals surface area contributed by atoms with Gasteiger partial charge < -0.3 is 15.2 Å². The highest BCUT2D eigenvalue weighted by atomic mass is 19.1. The number of ether oxygens (including phenoxy) is 2. The highest BCUT2D eigenvalue weighted by molar-refractivity contribution is 5.71. The van der Waals surface area contributed by atoms with Gasteiger partial charge in [0, 0.05) is 5.56 Å². The lowest BCUT2D eigenvalue weighted by atomic mass is 9.83. The SMILES string of the molecule is N#CC1=C(N)Oc2n[nH]c(-c3ccc(OCc4ccccc4)cc3)c2C1c1ccc(F)cc1. The fourth-order valence-corrected chi connectivity index (χ4v) is 3.91. The highest BCUT2D eigenvalue weighted by Crippen LogP contribution is 2.45. The molecule has 1 aromatic heterocycles. The molecule has 1 unspecified atom stereocenters. The minimum atomic E-state index is -0.540. The average molecular weight is 438 g/mol. The van der Waals surface area contributed by atoms with Gasteiger partial charge in [0.25, 0.3) is 0 Å². The predicted molar refractivity (Wildman–Crippen MR) is 120 cm³/mol. The number of H-pyrrole nitrogens is 1. The third kappa shape index (κ3) is 3.90. The van der Waals surface area contributed by atoms with E-state index in [2.05, 4.69) is 16.3 Å². The summed E-state index contributed by atoms with van der Waals surface area (Å²) in [4.78, 5) is 0. The maximum Gasteiger partial charge on any atom is 0.244 e. The van der Waals surface area contributed by atoms with Gasteiger partial charge in [0.2, 0.25) is 11.8 Å². The molecule has 7 heteroatoms. The maximum absolute atomic E-state index is 13.5. The predicted octanol–water partition coefficient (Wildman–Crippen LogP) is 5.01. The van der Waals surface area contributed by atoms with Crippen molar-refractivity contribution in [1.29, 1.82) is 5.26 Å². The molecule has 1 aliphatic heterocycles. The molecule has 1 aliphatic rings. The Hall–Kier alpha value is -4.57. The Labute approximate surface area is 189 Å². The number of fused-ring (bicyclic) bond motifs is 1. The number of allylic oxidation sites excluding steroid dienone is 1. The summed E-state index contributed by atoms with van der Waals surface area (Å²) in [5, 5.41) is 17.0. The van der Waals surface area contributed by atoms with Gasteiger partial charge >= 0.3 is 0 Å². The summed E-state index contributed by atoms with van der Waals surface area (Å²) in [7, 11) is 0. The van der Waals surface area contributed by atoms with E-state index in [9.17, 15) is 9.65 Å². The van der Waals surface area contributed by atoms with Crippen molar-refractivity contribution in [2.45, 2.75) is 12.5 Å². The van der Waals surface area contributed by atoms with Crippen molar-refractivity contribution in [3.05, 3.63) is 113 Å². The number of nitrogens with one attached hydrogen (secondary N) is 1. The van der Waals surface area contributed by atoms with Crippen LogP contribution >= 0.6 is 0 Å². The first-order valence-corrected chi connectivity index (χ1v) is 10.3. The molecule has 0 saturated carbocycles. The molecule has 0 radical (unpaired) electrons. The molecular formula is C26H19FN4O2. The summed E-state index contributed by atoms with van der Waals surface area (Å²) in [6, 6.07) is 25.6. The summed E-state index contributed by atoms with van der Waals surface area (Å²) < 4.78 is 25.0. The number of nitriles is 1. The van der Waals surface area contributed by atoms with Crippen molar-refractivity contribution in [3.8, 4) is 29.0 Å². The van der Waals surface area contributed by atoms with Gasteiger partial charge in [-0.2, -0.15) is 5.26 Å². The van der Waals surface area contributed by atoms with Crippen LogP contribution in [-0.4, -0.2) is 10.2 Å². The molecule has 33 heavy (non-hydrogen) atoms. The fraction of sp³-hybridized carbons (Fsp3) is 0.0769. The Kier molecular flexibility index (Phi) is 5.25. The molecule has 0 bridgehead atoms. The first-order chi connectivity index (χ1) is 16.1. The minimum Gasteiger partial charge on any atom is -0.489 e. The van der Waals surface area contributed by atoms with Crippen LogP contribution in [0.1, 0.15) is 22.6 Å². The fourth-order valence-electron chi connectivity index (χ4n) is 3.91. The molecular weight excluding hydrogens is 419 g/mol. The quantitative estimate of drug-likeness (QED) is 0.456. The van der Waals surface area contributed by atoms with E-state index in [1.807, 2.05) is 54.6 Å². The number of nitrogens with zero attached hydrogens (tertiary/aromatic N) is 2. The molecule has 3 aromatic carbocycles. The van der Waals surface area contributed by atoms with Crippen LogP contribution in [0, 0.1) is 17.1 Å². The molecule has 0 saturated heterocycles. The molecule has 6 nitrogen and oxygen atoms in total. The molecule has 4 aromatic rings. The van der Waals surface area contributed by atoms with Gasteiger partial charge in [0.15, 0.2) is 0 Å². The standard InChI is InChI=1S/C26H19FN4O2/c27-19-10-6-17(7-11-19)22-21(14-28)25(29)33-26-23(22)24(30-31-26)18-8-12-20(13-9-18)32-15-16-4-2-1-3-5-16/h1-13,22H,15,29H2,(H,30,31). The molecule has 3 N–H and O–H groups in total. The number of nitrogens with two attached hydrogens (primary N) is 1. The summed E-state index contributed by atoms with van der Waals surface area (Å²) in [6.45, 7) is 0.468. The van der Waals surface area contributed by atoms with Gasteiger partial charge in [-0.15, -0.1) is 5.10 Å². The van der Waals surface area contributed by atoms with E-state index in [-0.39, 0.29) is 17.3 Å². The van der Waals surface area contributed by atoms with E-state index in [1.54, 1.807) is 12.1 Å². The zero-order chi connectivity index (χ0) is 22.8. The van der Waals surface area contributed by atoms with E-state index in [0.717, 1.165) is 16.9 Å². The average Bonchev–Trinajstić information content (AvgIpc) is 3.27. The molecule has 162 valence electrons. The number of aromatic nitrogens is 2. The maximum atomic E-state index is 13.5. The largest absolute Gasteiger partial charge is 0.489 e. The third-order valence-electron chi connectivity index (χ3n) is 5.53. The lowest BCUT2D eigenvalue weighted by molar-refractivity contribution is 0.306. The summed E-state index contributed by atoms with van der Waals surface area (Å²) in [5.74, 6) is 0.105. The number of halogens is 1.